The number of carbonyl (C=O) groups excluding carboxylic acids is 3. The van der Waals surface area contributed by atoms with E-state index in [1.807, 2.05) is 18.4 Å². The molecule has 0 spiro atoms. The Labute approximate surface area is 190 Å². The van der Waals surface area contributed by atoms with Crippen LogP contribution < -0.4 is 15.4 Å². The van der Waals surface area contributed by atoms with Gasteiger partial charge in [0.15, 0.2) is 0 Å². The van der Waals surface area contributed by atoms with Gasteiger partial charge in [0.25, 0.3) is 11.8 Å². The maximum Gasteiger partial charge on any atom is 0.265 e. The number of hydrogen-bond donors (Lipinski definition) is 2. The molecule has 1 fully saturated rings. The molecule has 8 nitrogen and oxygen atoms in total. The zero-order valence-corrected chi connectivity index (χ0v) is 18.9. The largest absolute Gasteiger partial charge is 0.490 e. The van der Waals surface area contributed by atoms with Gasteiger partial charge in [0, 0.05) is 19.3 Å². The minimum atomic E-state index is -0.316. The van der Waals surface area contributed by atoms with Gasteiger partial charge in [-0.2, -0.15) is 0 Å². The molecule has 3 atom stereocenters. The Kier molecular flexibility index (Phi) is 6.76. The molecule has 0 radical (unpaired) electrons. The van der Waals surface area contributed by atoms with Crippen LogP contribution in [0.3, 0.4) is 0 Å². The third-order valence-electron chi connectivity index (χ3n) is 5.80. The van der Waals surface area contributed by atoms with Crippen LogP contribution in [0.5, 0.6) is 5.75 Å². The topological polar surface area (TPSA) is 97.0 Å². The highest BCUT2D eigenvalue weighted by Gasteiger charge is 2.39. The van der Waals surface area contributed by atoms with Crippen molar-refractivity contribution in [2.75, 3.05) is 25.5 Å². The van der Waals surface area contributed by atoms with Gasteiger partial charge in [-0.1, -0.05) is 6.07 Å². The summed E-state index contributed by atoms with van der Waals surface area (Å²) in [5.41, 5.74) is 0.936. The number of thiophene rings is 1. The zero-order valence-electron chi connectivity index (χ0n) is 18.1. The molecule has 170 valence electrons. The van der Waals surface area contributed by atoms with Crippen LogP contribution in [0.2, 0.25) is 0 Å². The molecule has 2 aliphatic heterocycles. The summed E-state index contributed by atoms with van der Waals surface area (Å²) < 4.78 is 12.1. The van der Waals surface area contributed by atoms with E-state index < -0.39 is 0 Å². The number of hydrogen-bond acceptors (Lipinski definition) is 6. The number of carbonyl (C=O) groups is 3. The first-order valence-electron chi connectivity index (χ1n) is 10.8. The Bertz CT molecular complexity index is 994. The van der Waals surface area contributed by atoms with Gasteiger partial charge in [-0.05, 0) is 49.4 Å². The van der Waals surface area contributed by atoms with Crippen molar-refractivity contribution in [3.63, 3.8) is 0 Å². The molecule has 1 aromatic heterocycles. The van der Waals surface area contributed by atoms with E-state index in [1.165, 1.54) is 11.3 Å². The average Bonchev–Trinajstić information content (AvgIpc) is 3.32. The van der Waals surface area contributed by atoms with E-state index in [0.29, 0.717) is 41.3 Å². The number of fused-ring (bicyclic) bond motifs is 2. The number of benzene rings is 1. The molecule has 3 amide bonds. The number of likely N-dealkylation sites (N-methyl/N-ethyl adjacent to an activating group) is 1. The second kappa shape index (κ2) is 9.70. The van der Waals surface area contributed by atoms with Crippen LogP contribution in [0, 0.1) is 0 Å². The molecular weight excluding hydrogens is 430 g/mol. The zero-order chi connectivity index (χ0) is 22.7. The summed E-state index contributed by atoms with van der Waals surface area (Å²) in [7, 11) is 1.76. The summed E-state index contributed by atoms with van der Waals surface area (Å²) in [6, 6.07) is 8.48. The number of nitrogens with zero attached hydrogens (tertiary/aromatic N) is 1. The smallest absolute Gasteiger partial charge is 0.265 e. The lowest BCUT2D eigenvalue weighted by molar-refractivity contribution is -0.133. The molecule has 4 rings (SSSR count). The Balaban J connectivity index is 1.49. The average molecular weight is 458 g/mol. The molecule has 9 heteroatoms. The lowest BCUT2D eigenvalue weighted by atomic mass is 9.94. The third kappa shape index (κ3) is 4.78. The highest BCUT2D eigenvalue weighted by atomic mass is 32.1. The van der Waals surface area contributed by atoms with Gasteiger partial charge in [0.2, 0.25) is 5.91 Å². The first kappa shape index (κ1) is 22.3. The molecule has 0 unspecified atom stereocenters. The third-order valence-corrected chi connectivity index (χ3v) is 6.67. The predicted molar refractivity (Wildman–Crippen MR) is 121 cm³/mol. The van der Waals surface area contributed by atoms with Crippen LogP contribution in [0.25, 0.3) is 0 Å². The van der Waals surface area contributed by atoms with Crippen LogP contribution >= 0.6 is 11.3 Å². The fourth-order valence-corrected chi connectivity index (χ4v) is 4.80. The van der Waals surface area contributed by atoms with Crippen molar-refractivity contribution in [3.05, 3.63) is 46.2 Å². The molecule has 0 aliphatic carbocycles. The molecule has 0 bridgehead atoms. The predicted octanol–water partition coefficient (Wildman–Crippen LogP) is 2.91. The van der Waals surface area contributed by atoms with Gasteiger partial charge in [-0.3, -0.25) is 14.4 Å². The number of anilines is 1. The number of ether oxygens (including phenoxy) is 2. The van der Waals surface area contributed by atoms with E-state index in [-0.39, 0.29) is 42.6 Å². The number of rotatable bonds is 5. The Hall–Kier alpha value is -2.91. The van der Waals surface area contributed by atoms with Gasteiger partial charge >= 0.3 is 0 Å². The highest BCUT2D eigenvalue weighted by Crippen LogP contribution is 2.32. The van der Waals surface area contributed by atoms with Crippen molar-refractivity contribution in [2.24, 2.45) is 0 Å². The Morgan fingerprint density at radius 2 is 2.09 bits per heavy atom. The van der Waals surface area contributed by atoms with Crippen molar-refractivity contribution >= 4 is 34.7 Å². The Morgan fingerprint density at radius 1 is 1.25 bits per heavy atom. The first-order chi connectivity index (χ1) is 15.5. The molecule has 32 heavy (non-hydrogen) atoms. The summed E-state index contributed by atoms with van der Waals surface area (Å²) in [4.78, 5) is 39.9. The van der Waals surface area contributed by atoms with Crippen molar-refractivity contribution in [3.8, 4) is 5.75 Å². The maximum absolute atomic E-state index is 13.3. The fraction of sp³-hybridized carbons (Fsp3) is 0.435. The molecule has 1 aromatic carbocycles. The minimum absolute atomic E-state index is 0.0328. The van der Waals surface area contributed by atoms with Gasteiger partial charge in [-0.25, -0.2) is 0 Å². The van der Waals surface area contributed by atoms with Crippen LogP contribution in [0.1, 0.15) is 46.2 Å². The van der Waals surface area contributed by atoms with Gasteiger partial charge in [-0.15, -0.1) is 11.3 Å². The molecule has 2 N–H and O–H groups in total. The van der Waals surface area contributed by atoms with E-state index in [2.05, 4.69) is 10.6 Å². The van der Waals surface area contributed by atoms with E-state index in [1.54, 1.807) is 36.2 Å². The second-order valence-corrected chi connectivity index (χ2v) is 8.92. The lowest BCUT2D eigenvalue weighted by Gasteiger charge is -2.42. The second-order valence-electron chi connectivity index (χ2n) is 7.97. The normalized spacial score (nSPS) is 22.6. The summed E-state index contributed by atoms with van der Waals surface area (Å²) in [5, 5.41) is 7.48. The molecule has 3 heterocycles. The minimum Gasteiger partial charge on any atom is -0.490 e. The first-order valence-corrected chi connectivity index (χ1v) is 11.6. The summed E-state index contributed by atoms with van der Waals surface area (Å²) in [6.45, 7) is 2.75. The van der Waals surface area contributed by atoms with Crippen LogP contribution in [-0.4, -0.2) is 61.1 Å². The highest BCUT2D eigenvalue weighted by molar-refractivity contribution is 7.12. The van der Waals surface area contributed by atoms with Crippen LogP contribution in [-0.2, 0) is 9.53 Å². The molecule has 1 saturated heterocycles. The van der Waals surface area contributed by atoms with Gasteiger partial charge in [0.1, 0.15) is 18.5 Å². The van der Waals surface area contributed by atoms with Gasteiger partial charge in [0.05, 0.1) is 29.0 Å². The van der Waals surface area contributed by atoms with Crippen LogP contribution in [0.15, 0.2) is 35.7 Å². The Morgan fingerprint density at radius 3 is 2.84 bits per heavy atom. The van der Waals surface area contributed by atoms with Crippen molar-refractivity contribution in [2.45, 2.75) is 44.4 Å². The molecule has 2 aliphatic rings. The maximum atomic E-state index is 13.3. The number of nitrogens with one attached hydrogen (secondary N) is 2. The van der Waals surface area contributed by atoms with E-state index in [9.17, 15) is 14.4 Å². The van der Waals surface area contributed by atoms with Crippen molar-refractivity contribution in [1.82, 2.24) is 10.2 Å². The van der Waals surface area contributed by atoms with Crippen LogP contribution in [0.4, 0.5) is 5.69 Å². The monoisotopic (exact) mass is 457 g/mol. The quantitative estimate of drug-likeness (QED) is 0.720. The molecule has 2 aromatic rings. The fourth-order valence-electron chi connectivity index (χ4n) is 4.18. The molecular formula is C23H27N3O5S. The summed E-state index contributed by atoms with van der Waals surface area (Å²) in [5.74, 6) is 0.0117. The summed E-state index contributed by atoms with van der Waals surface area (Å²) >= 11 is 1.35. The lowest BCUT2D eigenvalue weighted by Crippen LogP contribution is -2.54. The van der Waals surface area contributed by atoms with E-state index in [4.69, 9.17) is 9.47 Å². The SMILES string of the molecule is CCNC(=O)C[C@@H]1CC[C@H]2[C@@H](COc3ccc(NC(=O)c4cccs4)cc3C(=O)N2C)O1. The molecule has 0 saturated carbocycles. The van der Waals surface area contributed by atoms with Crippen molar-refractivity contribution in [1.29, 1.82) is 0 Å². The summed E-state index contributed by atoms with van der Waals surface area (Å²) in [6.07, 6.45) is 1.22. The van der Waals surface area contributed by atoms with Gasteiger partial charge < -0.3 is 25.0 Å². The standard InChI is InChI=1S/C23H27N3O5S/c1-3-24-21(27)12-15-7-8-17-19(31-15)13-30-18-9-6-14(11-16(18)23(29)26(17)2)25-22(28)20-5-4-10-32-20/h4-6,9-11,15,17,19H,3,7-8,12-13H2,1-2H3,(H,24,27)(H,25,28)/t15-,17-,19+/m0/s1. The number of amides is 3. The van der Waals surface area contributed by atoms with Crippen molar-refractivity contribution < 1.29 is 23.9 Å². The van der Waals surface area contributed by atoms with E-state index in [0.717, 1.165) is 6.42 Å². The van der Waals surface area contributed by atoms with E-state index >= 15 is 0 Å².